The largest absolute Gasteiger partial charge is 0.368 e. The molecule has 1 heterocycles. The summed E-state index contributed by atoms with van der Waals surface area (Å²) in [5, 5.41) is 0. The van der Waals surface area contributed by atoms with E-state index in [-0.39, 0.29) is 11.2 Å². The first-order valence-corrected chi connectivity index (χ1v) is 7.36. The van der Waals surface area contributed by atoms with Crippen molar-refractivity contribution in [1.82, 2.24) is 0 Å². The second-order valence-electron chi connectivity index (χ2n) is 5.57. The van der Waals surface area contributed by atoms with Crippen molar-refractivity contribution in [1.29, 1.82) is 0 Å². The highest BCUT2D eigenvalue weighted by Gasteiger charge is 2.47. The molecule has 1 nitrogen and oxygen atoms in total. The standard InChI is InChI=1S/C12H21IO/c1-10-4-3-5-12(8-10)7-6-11(2,9-13)14-12/h10H,3-9H2,1-2H3. The normalized spacial score (nSPS) is 48.6. The fraction of sp³-hybridized carbons (Fsp3) is 1.00. The first-order valence-electron chi connectivity index (χ1n) is 5.84. The molecule has 0 N–H and O–H groups in total. The van der Waals surface area contributed by atoms with Crippen molar-refractivity contribution < 1.29 is 4.74 Å². The first-order chi connectivity index (χ1) is 6.58. The quantitative estimate of drug-likeness (QED) is 0.527. The van der Waals surface area contributed by atoms with Crippen molar-refractivity contribution in [3.8, 4) is 0 Å². The Bertz CT molecular complexity index is 218. The van der Waals surface area contributed by atoms with Crippen LogP contribution >= 0.6 is 22.6 Å². The molecule has 2 rings (SSSR count). The number of hydrogen-bond donors (Lipinski definition) is 0. The molecule has 0 radical (unpaired) electrons. The van der Waals surface area contributed by atoms with Crippen molar-refractivity contribution in [2.75, 3.05) is 4.43 Å². The van der Waals surface area contributed by atoms with Gasteiger partial charge in [-0.3, -0.25) is 0 Å². The molecule has 3 atom stereocenters. The average Bonchev–Trinajstić information content (AvgIpc) is 2.45. The van der Waals surface area contributed by atoms with E-state index in [4.69, 9.17) is 4.74 Å². The molecule has 1 aliphatic carbocycles. The van der Waals surface area contributed by atoms with Gasteiger partial charge in [0.2, 0.25) is 0 Å². The van der Waals surface area contributed by atoms with Crippen molar-refractivity contribution in [3.63, 3.8) is 0 Å². The van der Waals surface area contributed by atoms with Crippen LogP contribution in [0.2, 0.25) is 0 Å². The Kier molecular flexibility index (Phi) is 3.14. The summed E-state index contributed by atoms with van der Waals surface area (Å²) < 4.78 is 7.53. The summed E-state index contributed by atoms with van der Waals surface area (Å²) in [4.78, 5) is 0. The average molecular weight is 308 g/mol. The van der Waals surface area contributed by atoms with Crippen LogP contribution < -0.4 is 0 Å². The molecule has 2 aliphatic rings. The molecule has 1 aliphatic heterocycles. The second kappa shape index (κ2) is 3.93. The highest BCUT2D eigenvalue weighted by atomic mass is 127. The Balaban J connectivity index is 2.04. The van der Waals surface area contributed by atoms with Crippen molar-refractivity contribution in [3.05, 3.63) is 0 Å². The molecule has 2 heteroatoms. The van der Waals surface area contributed by atoms with Crippen LogP contribution in [0, 0.1) is 5.92 Å². The van der Waals surface area contributed by atoms with E-state index in [1.807, 2.05) is 0 Å². The molecular formula is C12H21IO. The predicted octanol–water partition coefficient (Wildman–Crippen LogP) is 3.94. The third kappa shape index (κ3) is 2.11. The zero-order chi connectivity index (χ0) is 10.2. The second-order valence-corrected chi connectivity index (χ2v) is 6.33. The van der Waals surface area contributed by atoms with E-state index in [0.29, 0.717) is 0 Å². The Hall–Kier alpha value is 0.690. The minimum atomic E-state index is 0.178. The number of halogens is 1. The Morgan fingerprint density at radius 2 is 2.14 bits per heavy atom. The zero-order valence-corrected chi connectivity index (χ0v) is 11.5. The molecule has 1 spiro atoms. The SMILES string of the molecule is CC1CCCC2(CCC(C)(CI)O2)C1. The van der Waals surface area contributed by atoms with Crippen LogP contribution in [0.5, 0.6) is 0 Å². The maximum atomic E-state index is 6.39. The maximum absolute atomic E-state index is 6.39. The lowest BCUT2D eigenvalue weighted by Gasteiger charge is -2.38. The Labute approximate surface area is 101 Å². The molecular weight excluding hydrogens is 287 g/mol. The predicted molar refractivity (Wildman–Crippen MR) is 68.0 cm³/mol. The minimum Gasteiger partial charge on any atom is -0.368 e. The van der Waals surface area contributed by atoms with Crippen LogP contribution in [0.3, 0.4) is 0 Å². The van der Waals surface area contributed by atoms with Crippen LogP contribution in [-0.4, -0.2) is 15.6 Å². The molecule has 3 unspecified atom stereocenters. The van der Waals surface area contributed by atoms with Gasteiger partial charge in [-0.2, -0.15) is 0 Å². The number of rotatable bonds is 1. The molecule has 82 valence electrons. The summed E-state index contributed by atoms with van der Waals surface area (Å²) in [6.45, 7) is 4.66. The maximum Gasteiger partial charge on any atom is 0.0752 e. The van der Waals surface area contributed by atoms with Crippen molar-refractivity contribution in [2.24, 2.45) is 5.92 Å². The van der Waals surface area contributed by atoms with Crippen LogP contribution in [0.1, 0.15) is 52.4 Å². The molecule has 1 saturated heterocycles. The highest BCUT2D eigenvalue weighted by molar-refractivity contribution is 14.1. The van der Waals surface area contributed by atoms with Gasteiger partial charge in [0.15, 0.2) is 0 Å². The summed E-state index contributed by atoms with van der Waals surface area (Å²) >= 11 is 2.47. The van der Waals surface area contributed by atoms with E-state index in [2.05, 4.69) is 36.4 Å². The van der Waals surface area contributed by atoms with E-state index < -0.39 is 0 Å². The van der Waals surface area contributed by atoms with Crippen molar-refractivity contribution in [2.45, 2.75) is 63.6 Å². The third-order valence-corrected chi connectivity index (χ3v) is 5.52. The first kappa shape index (κ1) is 11.2. The molecule has 14 heavy (non-hydrogen) atoms. The molecule has 0 aromatic rings. The van der Waals surface area contributed by atoms with Gasteiger partial charge >= 0.3 is 0 Å². The summed E-state index contributed by atoms with van der Waals surface area (Å²) in [6.07, 6.45) is 7.97. The van der Waals surface area contributed by atoms with Gasteiger partial charge in [-0.25, -0.2) is 0 Å². The van der Waals surface area contributed by atoms with Gasteiger partial charge in [-0.15, -0.1) is 0 Å². The molecule has 0 bridgehead atoms. The van der Waals surface area contributed by atoms with Crippen LogP contribution in [0.15, 0.2) is 0 Å². The molecule has 0 amide bonds. The molecule has 0 aromatic carbocycles. The lowest BCUT2D eigenvalue weighted by atomic mass is 9.77. The summed E-state index contributed by atoms with van der Waals surface area (Å²) in [5.41, 5.74) is 0.454. The van der Waals surface area contributed by atoms with Gasteiger partial charge in [0, 0.05) is 4.43 Å². The summed E-state index contributed by atoms with van der Waals surface area (Å²) in [6, 6.07) is 0. The van der Waals surface area contributed by atoms with E-state index >= 15 is 0 Å². The van der Waals surface area contributed by atoms with Gasteiger partial charge in [-0.1, -0.05) is 42.4 Å². The minimum absolute atomic E-state index is 0.178. The van der Waals surface area contributed by atoms with E-state index in [9.17, 15) is 0 Å². The fourth-order valence-corrected chi connectivity index (χ4v) is 3.68. The third-order valence-electron chi connectivity index (χ3n) is 3.90. The van der Waals surface area contributed by atoms with E-state index in [0.717, 1.165) is 10.3 Å². The number of ether oxygens (including phenoxy) is 1. The van der Waals surface area contributed by atoms with Gasteiger partial charge in [0.25, 0.3) is 0 Å². The molecule has 0 aromatic heterocycles. The van der Waals surface area contributed by atoms with Crippen LogP contribution in [0.25, 0.3) is 0 Å². The van der Waals surface area contributed by atoms with Gasteiger partial charge in [0.05, 0.1) is 11.2 Å². The molecule has 2 fully saturated rings. The van der Waals surface area contributed by atoms with Crippen molar-refractivity contribution >= 4 is 22.6 Å². The lowest BCUT2D eigenvalue weighted by molar-refractivity contribution is -0.107. The van der Waals surface area contributed by atoms with Crippen LogP contribution in [0.4, 0.5) is 0 Å². The van der Waals surface area contributed by atoms with Gasteiger partial charge in [-0.05, 0) is 38.5 Å². The lowest BCUT2D eigenvalue weighted by Crippen LogP contribution is -2.38. The number of hydrogen-bond acceptors (Lipinski definition) is 1. The topological polar surface area (TPSA) is 9.23 Å². The van der Waals surface area contributed by atoms with Crippen LogP contribution in [-0.2, 0) is 4.74 Å². The fourth-order valence-electron chi connectivity index (χ4n) is 3.14. The highest BCUT2D eigenvalue weighted by Crippen LogP contribution is 2.48. The number of alkyl halides is 1. The smallest absolute Gasteiger partial charge is 0.0752 e. The van der Waals surface area contributed by atoms with Gasteiger partial charge < -0.3 is 4.74 Å². The Morgan fingerprint density at radius 3 is 2.71 bits per heavy atom. The molecule has 1 saturated carbocycles. The van der Waals surface area contributed by atoms with E-state index in [1.54, 1.807) is 0 Å². The Morgan fingerprint density at radius 1 is 1.36 bits per heavy atom. The zero-order valence-electron chi connectivity index (χ0n) is 9.31. The van der Waals surface area contributed by atoms with E-state index in [1.165, 1.54) is 38.5 Å². The summed E-state index contributed by atoms with van der Waals surface area (Å²) in [7, 11) is 0. The summed E-state index contributed by atoms with van der Waals surface area (Å²) in [5.74, 6) is 0.875. The van der Waals surface area contributed by atoms with Gasteiger partial charge in [0.1, 0.15) is 0 Å². The monoisotopic (exact) mass is 308 g/mol.